The summed E-state index contributed by atoms with van der Waals surface area (Å²) in [5, 5.41) is 3.28. The van der Waals surface area contributed by atoms with E-state index in [9.17, 15) is 4.79 Å². The average Bonchev–Trinajstić information content (AvgIpc) is 2.83. The fourth-order valence-electron chi connectivity index (χ4n) is 2.67. The van der Waals surface area contributed by atoms with E-state index in [1.807, 2.05) is 4.90 Å². The molecule has 4 nitrogen and oxygen atoms in total. The van der Waals surface area contributed by atoms with Crippen molar-refractivity contribution in [3.63, 3.8) is 0 Å². The van der Waals surface area contributed by atoms with Gasteiger partial charge in [0.25, 0.3) is 0 Å². The van der Waals surface area contributed by atoms with Crippen LogP contribution in [0.15, 0.2) is 0 Å². The number of nitrogens with zero attached hydrogens (tertiary/aromatic N) is 2. The Morgan fingerprint density at radius 1 is 1.06 bits per heavy atom. The van der Waals surface area contributed by atoms with Crippen LogP contribution in [-0.2, 0) is 4.79 Å². The molecule has 0 aliphatic carbocycles. The maximum atomic E-state index is 12.5. The first-order chi connectivity index (χ1) is 7.62. The number of nitrogens with one attached hydrogen (secondary N) is 1. The summed E-state index contributed by atoms with van der Waals surface area (Å²) in [6.45, 7) is 9.87. The molecule has 0 aromatic heterocycles. The van der Waals surface area contributed by atoms with Crippen LogP contribution in [0.5, 0.6) is 0 Å². The highest BCUT2D eigenvalue weighted by atomic mass is 16.2. The Morgan fingerprint density at radius 3 is 2.19 bits per heavy atom. The number of amides is 1. The van der Waals surface area contributed by atoms with E-state index < -0.39 is 0 Å². The molecule has 16 heavy (non-hydrogen) atoms. The summed E-state index contributed by atoms with van der Waals surface area (Å²) in [6, 6.07) is 0. The van der Waals surface area contributed by atoms with Crippen molar-refractivity contribution in [3.8, 4) is 0 Å². The number of hydrogen-bond donors (Lipinski definition) is 1. The van der Waals surface area contributed by atoms with Crippen molar-refractivity contribution in [2.24, 2.45) is 0 Å². The van der Waals surface area contributed by atoms with E-state index in [0.717, 1.165) is 39.3 Å². The van der Waals surface area contributed by atoms with Gasteiger partial charge in [0, 0.05) is 26.2 Å². The number of carbonyl (C=O) groups is 1. The molecule has 2 aliphatic rings. The predicted octanol–water partition coefficient (Wildman–Crippen LogP) is 0.293. The highest BCUT2D eigenvalue weighted by Gasteiger charge is 2.38. The third-order valence-electron chi connectivity index (χ3n) is 3.82. The zero-order valence-electron chi connectivity index (χ0n) is 10.5. The van der Waals surface area contributed by atoms with Gasteiger partial charge >= 0.3 is 0 Å². The van der Waals surface area contributed by atoms with Crippen LogP contribution in [0.25, 0.3) is 0 Å². The maximum Gasteiger partial charge on any atom is 0.242 e. The minimum atomic E-state index is -0.312. The molecule has 1 N–H and O–H groups in total. The summed E-state index contributed by atoms with van der Waals surface area (Å²) in [4.78, 5) is 16.8. The van der Waals surface area contributed by atoms with Crippen molar-refractivity contribution < 1.29 is 4.79 Å². The van der Waals surface area contributed by atoms with Gasteiger partial charge in [-0.25, -0.2) is 0 Å². The van der Waals surface area contributed by atoms with Gasteiger partial charge in [-0.3, -0.25) is 9.69 Å². The Hall–Kier alpha value is -0.610. The Kier molecular flexibility index (Phi) is 3.50. The second-order valence-electron chi connectivity index (χ2n) is 5.30. The van der Waals surface area contributed by atoms with Gasteiger partial charge in [0.15, 0.2) is 0 Å². The van der Waals surface area contributed by atoms with Crippen molar-refractivity contribution in [1.29, 1.82) is 0 Å². The Labute approximate surface area is 98.0 Å². The van der Waals surface area contributed by atoms with Crippen LogP contribution in [-0.4, -0.2) is 60.5 Å². The van der Waals surface area contributed by atoms with Crippen molar-refractivity contribution >= 4 is 5.91 Å². The smallest absolute Gasteiger partial charge is 0.242 e. The van der Waals surface area contributed by atoms with Crippen molar-refractivity contribution in [2.75, 3.05) is 39.3 Å². The predicted molar refractivity (Wildman–Crippen MR) is 64.3 cm³/mol. The fourth-order valence-corrected chi connectivity index (χ4v) is 2.67. The molecule has 0 unspecified atom stereocenters. The SMILES string of the molecule is CC(C)(C(=O)N1CCNCC1)N1CCCC1. The molecular weight excluding hydrogens is 202 g/mol. The first kappa shape index (κ1) is 11.9. The summed E-state index contributed by atoms with van der Waals surface area (Å²) in [6.07, 6.45) is 2.47. The van der Waals surface area contributed by atoms with E-state index in [1.54, 1.807) is 0 Å². The monoisotopic (exact) mass is 225 g/mol. The Bertz CT molecular complexity index is 253. The number of carbonyl (C=O) groups excluding carboxylic acids is 1. The fraction of sp³-hybridized carbons (Fsp3) is 0.917. The molecule has 0 saturated carbocycles. The van der Waals surface area contributed by atoms with E-state index in [-0.39, 0.29) is 5.54 Å². The molecule has 0 bridgehead atoms. The first-order valence-electron chi connectivity index (χ1n) is 6.37. The average molecular weight is 225 g/mol. The van der Waals surface area contributed by atoms with Crippen LogP contribution in [0, 0.1) is 0 Å². The Balaban J connectivity index is 2.00. The van der Waals surface area contributed by atoms with E-state index in [4.69, 9.17) is 0 Å². The van der Waals surface area contributed by atoms with Gasteiger partial charge in [0.05, 0.1) is 5.54 Å². The van der Waals surface area contributed by atoms with Gasteiger partial charge in [-0.1, -0.05) is 0 Å². The molecule has 0 radical (unpaired) electrons. The molecule has 0 atom stereocenters. The summed E-state index contributed by atoms with van der Waals surface area (Å²) in [7, 11) is 0. The van der Waals surface area contributed by atoms with Crippen LogP contribution in [0.3, 0.4) is 0 Å². The van der Waals surface area contributed by atoms with Crippen LogP contribution in [0.1, 0.15) is 26.7 Å². The van der Waals surface area contributed by atoms with Crippen LogP contribution in [0.4, 0.5) is 0 Å². The van der Waals surface area contributed by atoms with Crippen LogP contribution in [0.2, 0.25) is 0 Å². The maximum absolute atomic E-state index is 12.5. The van der Waals surface area contributed by atoms with E-state index >= 15 is 0 Å². The largest absolute Gasteiger partial charge is 0.339 e. The third-order valence-corrected chi connectivity index (χ3v) is 3.82. The molecule has 4 heteroatoms. The van der Waals surface area contributed by atoms with Gasteiger partial charge in [-0.15, -0.1) is 0 Å². The molecule has 92 valence electrons. The second-order valence-corrected chi connectivity index (χ2v) is 5.30. The first-order valence-corrected chi connectivity index (χ1v) is 6.37. The lowest BCUT2D eigenvalue weighted by molar-refractivity contribution is -0.142. The van der Waals surface area contributed by atoms with Crippen molar-refractivity contribution in [3.05, 3.63) is 0 Å². The summed E-state index contributed by atoms with van der Waals surface area (Å²) >= 11 is 0. The lowest BCUT2D eigenvalue weighted by Gasteiger charge is -2.39. The number of piperazine rings is 1. The molecule has 2 saturated heterocycles. The van der Waals surface area contributed by atoms with Gasteiger partial charge in [-0.05, 0) is 39.8 Å². The van der Waals surface area contributed by atoms with Gasteiger partial charge < -0.3 is 10.2 Å². The molecule has 2 aliphatic heterocycles. The molecular formula is C12H23N3O. The van der Waals surface area contributed by atoms with E-state index in [0.29, 0.717) is 5.91 Å². The molecule has 1 amide bonds. The summed E-state index contributed by atoms with van der Waals surface area (Å²) in [5.74, 6) is 0.302. The van der Waals surface area contributed by atoms with Crippen LogP contribution < -0.4 is 5.32 Å². The molecule has 2 heterocycles. The summed E-state index contributed by atoms with van der Waals surface area (Å²) < 4.78 is 0. The zero-order chi connectivity index (χ0) is 11.6. The summed E-state index contributed by atoms with van der Waals surface area (Å²) in [5.41, 5.74) is -0.312. The molecule has 0 aromatic carbocycles. The van der Waals surface area contributed by atoms with Gasteiger partial charge in [0.2, 0.25) is 5.91 Å². The number of hydrogen-bond acceptors (Lipinski definition) is 3. The number of likely N-dealkylation sites (tertiary alicyclic amines) is 1. The molecule has 0 spiro atoms. The molecule has 0 aromatic rings. The van der Waals surface area contributed by atoms with Gasteiger partial charge in [-0.2, -0.15) is 0 Å². The topological polar surface area (TPSA) is 35.6 Å². The second kappa shape index (κ2) is 4.72. The van der Waals surface area contributed by atoms with Crippen LogP contribution >= 0.6 is 0 Å². The molecule has 2 fully saturated rings. The lowest BCUT2D eigenvalue weighted by atomic mass is 10.0. The number of rotatable bonds is 2. The third kappa shape index (κ3) is 2.23. The standard InChI is InChI=1S/C12H23N3O/c1-12(2,15-7-3-4-8-15)11(16)14-9-5-13-6-10-14/h13H,3-10H2,1-2H3. The van der Waals surface area contributed by atoms with E-state index in [1.165, 1.54) is 12.8 Å². The lowest BCUT2D eigenvalue weighted by Crippen LogP contribution is -2.58. The normalized spacial score (nSPS) is 23.8. The van der Waals surface area contributed by atoms with Crippen molar-refractivity contribution in [2.45, 2.75) is 32.2 Å². The minimum absolute atomic E-state index is 0.302. The van der Waals surface area contributed by atoms with E-state index in [2.05, 4.69) is 24.1 Å². The zero-order valence-corrected chi connectivity index (χ0v) is 10.5. The van der Waals surface area contributed by atoms with Crippen molar-refractivity contribution in [1.82, 2.24) is 15.1 Å². The van der Waals surface area contributed by atoms with Gasteiger partial charge in [0.1, 0.15) is 0 Å². The highest BCUT2D eigenvalue weighted by Crippen LogP contribution is 2.23. The quantitative estimate of drug-likeness (QED) is 0.734. The molecule has 2 rings (SSSR count). The minimum Gasteiger partial charge on any atom is -0.339 e. The highest BCUT2D eigenvalue weighted by molar-refractivity contribution is 5.85. The Morgan fingerprint density at radius 2 is 1.62 bits per heavy atom.